The van der Waals surface area contributed by atoms with Crippen LogP contribution in [0.25, 0.3) is 0 Å². The molecule has 1 amide bonds. The van der Waals surface area contributed by atoms with E-state index >= 15 is 0 Å². The van der Waals surface area contributed by atoms with Gasteiger partial charge in [-0.05, 0) is 79.9 Å². The molecule has 138 valence electrons. The Bertz CT molecular complexity index is 584. The van der Waals surface area contributed by atoms with Crippen LogP contribution >= 0.6 is 0 Å². The van der Waals surface area contributed by atoms with E-state index in [1.54, 1.807) is 6.07 Å². The molecule has 0 heterocycles. The molecule has 0 radical (unpaired) electrons. The Hall–Kier alpha value is -1.38. The van der Waals surface area contributed by atoms with Gasteiger partial charge < -0.3 is 5.73 Å². The number of nitrogens with two attached hydrogens (primary N) is 1. The first-order valence-electron chi connectivity index (χ1n) is 10.2. The van der Waals surface area contributed by atoms with E-state index in [1.165, 1.54) is 57.4 Å². The van der Waals surface area contributed by atoms with Crippen molar-refractivity contribution in [3.8, 4) is 0 Å². The Kier molecular flexibility index (Phi) is 6.14. The predicted molar refractivity (Wildman–Crippen MR) is 100.0 cm³/mol. The van der Waals surface area contributed by atoms with Crippen molar-refractivity contribution in [2.45, 2.75) is 77.0 Å². The molecule has 2 aliphatic carbocycles. The first kappa shape index (κ1) is 18.4. The highest BCUT2D eigenvalue weighted by atomic mass is 19.1. The lowest BCUT2D eigenvalue weighted by molar-refractivity contribution is 0.0996. The van der Waals surface area contributed by atoms with Gasteiger partial charge in [0.2, 0.25) is 0 Å². The van der Waals surface area contributed by atoms with E-state index in [0.29, 0.717) is 5.92 Å². The van der Waals surface area contributed by atoms with Gasteiger partial charge in [0.05, 0.1) is 5.56 Å². The van der Waals surface area contributed by atoms with Gasteiger partial charge in [0.15, 0.2) is 0 Å². The minimum atomic E-state index is -0.688. The molecule has 0 spiro atoms. The molecule has 3 rings (SSSR count). The first-order chi connectivity index (χ1) is 12.1. The van der Waals surface area contributed by atoms with Crippen molar-refractivity contribution in [1.29, 1.82) is 0 Å². The number of benzene rings is 1. The van der Waals surface area contributed by atoms with Crippen LogP contribution in [0.15, 0.2) is 18.2 Å². The van der Waals surface area contributed by atoms with E-state index in [4.69, 9.17) is 5.73 Å². The van der Waals surface area contributed by atoms with Crippen LogP contribution in [0.3, 0.4) is 0 Å². The Morgan fingerprint density at radius 3 is 2.16 bits per heavy atom. The van der Waals surface area contributed by atoms with Gasteiger partial charge in [-0.15, -0.1) is 0 Å². The maximum Gasteiger partial charge on any atom is 0.251 e. The average Bonchev–Trinajstić information content (AvgIpc) is 2.62. The van der Waals surface area contributed by atoms with E-state index in [0.717, 1.165) is 36.2 Å². The fourth-order valence-electron chi connectivity index (χ4n) is 5.27. The SMILES string of the molecule is CCC[C@H]1CC[C@H](C2CCC(c3ccc(C(N)=O)c(F)c3)CC2)CC1. The van der Waals surface area contributed by atoms with Crippen LogP contribution in [-0.4, -0.2) is 5.91 Å². The lowest BCUT2D eigenvalue weighted by atomic mass is 9.68. The van der Waals surface area contributed by atoms with Crippen molar-refractivity contribution < 1.29 is 9.18 Å². The summed E-state index contributed by atoms with van der Waals surface area (Å²) < 4.78 is 14.0. The third kappa shape index (κ3) is 4.43. The van der Waals surface area contributed by atoms with Gasteiger partial charge in [0.1, 0.15) is 5.82 Å². The largest absolute Gasteiger partial charge is 0.366 e. The molecule has 2 saturated carbocycles. The molecule has 25 heavy (non-hydrogen) atoms. The summed E-state index contributed by atoms with van der Waals surface area (Å²) in [5, 5.41) is 0. The summed E-state index contributed by atoms with van der Waals surface area (Å²) in [6.45, 7) is 2.30. The number of carbonyl (C=O) groups is 1. The van der Waals surface area contributed by atoms with Gasteiger partial charge >= 0.3 is 0 Å². The van der Waals surface area contributed by atoms with E-state index in [2.05, 4.69) is 6.92 Å². The highest BCUT2D eigenvalue weighted by Gasteiger charge is 2.31. The number of halogens is 1. The van der Waals surface area contributed by atoms with Gasteiger partial charge in [-0.1, -0.05) is 38.7 Å². The molecule has 1 aromatic rings. The normalized spacial score (nSPS) is 30.2. The maximum absolute atomic E-state index is 14.0. The first-order valence-corrected chi connectivity index (χ1v) is 10.2. The molecular weight excluding hydrogens is 313 g/mol. The van der Waals surface area contributed by atoms with Crippen LogP contribution in [0, 0.1) is 23.6 Å². The highest BCUT2D eigenvalue weighted by molar-refractivity contribution is 5.93. The zero-order chi connectivity index (χ0) is 17.8. The second kappa shape index (κ2) is 8.33. The minimum Gasteiger partial charge on any atom is -0.366 e. The average molecular weight is 346 g/mol. The molecular formula is C22H32FNO. The second-order valence-electron chi connectivity index (χ2n) is 8.28. The monoisotopic (exact) mass is 345 g/mol. The highest BCUT2D eigenvalue weighted by Crippen LogP contribution is 2.44. The van der Waals surface area contributed by atoms with Crippen molar-refractivity contribution in [2.75, 3.05) is 0 Å². The smallest absolute Gasteiger partial charge is 0.251 e. The number of hydrogen-bond donors (Lipinski definition) is 1. The quantitative estimate of drug-likeness (QED) is 0.719. The molecule has 0 aliphatic heterocycles. The van der Waals surface area contributed by atoms with Crippen molar-refractivity contribution in [3.63, 3.8) is 0 Å². The van der Waals surface area contributed by atoms with Crippen LogP contribution in [0.4, 0.5) is 4.39 Å². The molecule has 0 atom stereocenters. The van der Waals surface area contributed by atoms with Crippen molar-refractivity contribution in [2.24, 2.45) is 23.5 Å². The Morgan fingerprint density at radius 2 is 1.64 bits per heavy atom. The molecule has 1 aromatic carbocycles. The molecule has 0 aromatic heterocycles. The topological polar surface area (TPSA) is 43.1 Å². The Labute approximate surface area is 151 Å². The molecule has 0 unspecified atom stereocenters. The summed E-state index contributed by atoms with van der Waals surface area (Å²) in [7, 11) is 0. The molecule has 2 N–H and O–H groups in total. The zero-order valence-electron chi connectivity index (χ0n) is 15.5. The van der Waals surface area contributed by atoms with Crippen LogP contribution in [0.1, 0.15) is 93.0 Å². The van der Waals surface area contributed by atoms with Gasteiger partial charge in [-0.25, -0.2) is 4.39 Å². The van der Waals surface area contributed by atoms with E-state index in [9.17, 15) is 9.18 Å². The Morgan fingerprint density at radius 1 is 1.04 bits per heavy atom. The van der Waals surface area contributed by atoms with Crippen LogP contribution in [-0.2, 0) is 0 Å². The van der Waals surface area contributed by atoms with Crippen LogP contribution < -0.4 is 5.73 Å². The molecule has 3 heteroatoms. The lowest BCUT2D eigenvalue weighted by Crippen LogP contribution is -2.25. The van der Waals surface area contributed by atoms with Gasteiger partial charge in [-0.3, -0.25) is 4.79 Å². The number of amides is 1. The third-order valence-corrected chi connectivity index (χ3v) is 6.76. The fourth-order valence-corrected chi connectivity index (χ4v) is 5.27. The summed E-state index contributed by atoms with van der Waals surface area (Å²) in [5.41, 5.74) is 6.23. The molecule has 0 saturated heterocycles. The van der Waals surface area contributed by atoms with Crippen molar-refractivity contribution >= 4 is 5.91 Å². The summed E-state index contributed by atoms with van der Waals surface area (Å²) in [4.78, 5) is 11.2. The maximum atomic E-state index is 14.0. The van der Waals surface area contributed by atoms with Crippen LogP contribution in [0.2, 0.25) is 0 Å². The minimum absolute atomic E-state index is 0.00118. The fraction of sp³-hybridized carbons (Fsp3) is 0.682. The van der Waals surface area contributed by atoms with Crippen LogP contribution in [0.5, 0.6) is 0 Å². The van der Waals surface area contributed by atoms with E-state index < -0.39 is 11.7 Å². The summed E-state index contributed by atoms with van der Waals surface area (Å²) in [6.07, 6.45) is 13.3. The number of hydrogen-bond acceptors (Lipinski definition) is 1. The zero-order valence-corrected chi connectivity index (χ0v) is 15.5. The predicted octanol–water partition coefficient (Wildman–Crippen LogP) is 5.80. The molecule has 2 fully saturated rings. The van der Waals surface area contributed by atoms with Gasteiger partial charge in [0, 0.05) is 0 Å². The number of rotatable bonds is 5. The van der Waals surface area contributed by atoms with E-state index in [1.807, 2.05) is 6.07 Å². The van der Waals surface area contributed by atoms with Gasteiger partial charge in [0.25, 0.3) is 5.91 Å². The summed E-state index contributed by atoms with van der Waals surface area (Å²) in [5.74, 6) is 2.04. The second-order valence-corrected chi connectivity index (χ2v) is 8.28. The lowest BCUT2D eigenvalue weighted by Gasteiger charge is -2.38. The van der Waals surface area contributed by atoms with Crippen molar-refractivity contribution in [3.05, 3.63) is 35.1 Å². The van der Waals surface area contributed by atoms with E-state index in [-0.39, 0.29) is 5.56 Å². The van der Waals surface area contributed by atoms with Crippen molar-refractivity contribution in [1.82, 2.24) is 0 Å². The summed E-state index contributed by atoms with van der Waals surface area (Å²) in [6, 6.07) is 4.97. The standard InChI is InChI=1S/C22H32FNO/c1-2-3-15-4-6-16(7-5-15)17-8-10-18(11-9-17)19-12-13-20(22(24)25)21(23)14-19/h12-18H,2-11H2,1H3,(H2,24,25)/t15-,16-,17?,18?. The number of primary amides is 1. The molecule has 2 aliphatic rings. The third-order valence-electron chi connectivity index (χ3n) is 6.76. The summed E-state index contributed by atoms with van der Waals surface area (Å²) >= 11 is 0. The number of carbonyl (C=O) groups excluding carboxylic acids is 1. The molecule has 2 nitrogen and oxygen atoms in total. The van der Waals surface area contributed by atoms with Gasteiger partial charge in [-0.2, -0.15) is 0 Å². The Balaban J connectivity index is 1.52. The molecule has 0 bridgehead atoms.